The summed E-state index contributed by atoms with van der Waals surface area (Å²) in [7, 11) is -2.25. The van der Waals surface area contributed by atoms with E-state index in [-0.39, 0.29) is 22.4 Å². The molecule has 0 heterocycles. The van der Waals surface area contributed by atoms with Gasteiger partial charge in [0, 0.05) is 11.3 Å². The van der Waals surface area contributed by atoms with E-state index in [0.29, 0.717) is 17.7 Å². The van der Waals surface area contributed by atoms with Gasteiger partial charge in [-0.2, -0.15) is 0 Å². The zero-order valence-corrected chi connectivity index (χ0v) is 19.5. The topological polar surface area (TPSA) is 84.5 Å². The highest BCUT2D eigenvalue weighted by Gasteiger charge is 2.21. The number of nitrogens with one attached hydrogen (secondary N) is 2. The molecule has 0 aliphatic heterocycles. The Balaban J connectivity index is 1.84. The quantitative estimate of drug-likeness (QED) is 0.504. The third kappa shape index (κ3) is 5.48. The molecular weight excluding hydrogens is 424 g/mol. The number of carbonyl (C=O) groups excluding carboxylic acids is 1. The van der Waals surface area contributed by atoms with Crippen molar-refractivity contribution in [3.63, 3.8) is 0 Å². The Morgan fingerprint density at radius 2 is 1.72 bits per heavy atom. The molecule has 32 heavy (non-hydrogen) atoms. The van der Waals surface area contributed by atoms with Crippen LogP contribution in [0.4, 0.5) is 5.69 Å². The van der Waals surface area contributed by atoms with Crippen LogP contribution in [0, 0.1) is 13.8 Å². The summed E-state index contributed by atoms with van der Waals surface area (Å²) < 4.78 is 33.8. The standard InChI is InChI=1S/C25H28N2O4S/c1-5-23(19-11-13-22(31-4)14-12-19)26-25(28)20-10-9-18(3)24(16-20)32(29,30)27-21-8-6-7-17(2)15-21/h6-16,23,27H,5H2,1-4H3,(H,26,28)/t23-/m0/s1. The SMILES string of the molecule is CC[C@H](NC(=O)c1ccc(C)c(S(=O)(=O)Nc2cccc(C)c2)c1)c1ccc(OC)cc1. The first-order chi connectivity index (χ1) is 15.2. The lowest BCUT2D eigenvalue weighted by Gasteiger charge is -2.18. The number of hydrogen-bond donors (Lipinski definition) is 2. The van der Waals surface area contributed by atoms with Gasteiger partial charge in [-0.25, -0.2) is 8.42 Å². The summed E-state index contributed by atoms with van der Waals surface area (Å²) in [5.41, 5.74) is 3.21. The van der Waals surface area contributed by atoms with E-state index in [9.17, 15) is 13.2 Å². The first kappa shape index (κ1) is 23.3. The van der Waals surface area contributed by atoms with Gasteiger partial charge < -0.3 is 10.1 Å². The summed E-state index contributed by atoms with van der Waals surface area (Å²) in [6, 6.07) is 19.1. The number of rotatable bonds is 8. The average Bonchev–Trinajstić information content (AvgIpc) is 2.77. The number of sulfonamides is 1. The fourth-order valence-corrected chi connectivity index (χ4v) is 4.77. The Morgan fingerprint density at radius 1 is 1.00 bits per heavy atom. The number of anilines is 1. The minimum Gasteiger partial charge on any atom is -0.497 e. The summed E-state index contributed by atoms with van der Waals surface area (Å²) >= 11 is 0. The van der Waals surface area contributed by atoms with E-state index >= 15 is 0 Å². The van der Waals surface area contributed by atoms with Gasteiger partial charge in [0.05, 0.1) is 18.0 Å². The molecule has 0 saturated carbocycles. The molecule has 6 nitrogen and oxygen atoms in total. The lowest BCUT2D eigenvalue weighted by atomic mass is 10.0. The van der Waals surface area contributed by atoms with Gasteiger partial charge in [0.2, 0.25) is 0 Å². The van der Waals surface area contributed by atoms with Crippen LogP contribution in [0.5, 0.6) is 5.75 Å². The van der Waals surface area contributed by atoms with Crippen molar-refractivity contribution in [2.24, 2.45) is 0 Å². The van der Waals surface area contributed by atoms with Gasteiger partial charge in [-0.1, -0.05) is 37.3 Å². The van der Waals surface area contributed by atoms with Crippen LogP contribution in [0.1, 0.15) is 46.4 Å². The number of carbonyl (C=O) groups is 1. The second-order valence-electron chi connectivity index (χ2n) is 7.66. The van der Waals surface area contributed by atoms with Crippen molar-refractivity contribution in [1.82, 2.24) is 5.32 Å². The van der Waals surface area contributed by atoms with E-state index in [1.165, 1.54) is 6.07 Å². The minimum absolute atomic E-state index is 0.0733. The second-order valence-corrected chi connectivity index (χ2v) is 9.31. The number of aryl methyl sites for hydroxylation is 2. The molecule has 0 bridgehead atoms. The summed E-state index contributed by atoms with van der Waals surface area (Å²) in [6.07, 6.45) is 0.685. The maximum Gasteiger partial charge on any atom is 0.262 e. The molecule has 0 aliphatic carbocycles. The molecule has 0 saturated heterocycles. The third-order valence-corrected chi connectivity index (χ3v) is 6.77. The van der Waals surface area contributed by atoms with E-state index < -0.39 is 10.0 Å². The maximum absolute atomic E-state index is 13.0. The van der Waals surface area contributed by atoms with E-state index in [0.717, 1.165) is 16.9 Å². The maximum atomic E-state index is 13.0. The van der Waals surface area contributed by atoms with Crippen LogP contribution in [0.2, 0.25) is 0 Å². The average molecular weight is 453 g/mol. The molecule has 2 N–H and O–H groups in total. The predicted octanol–water partition coefficient (Wildman–Crippen LogP) is 4.99. The van der Waals surface area contributed by atoms with Crippen LogP contribution < -0.4 is 14.8 Å². The fourth-order valence-electron chi connectivity index (χ4n) is 3.45. The van der Waals surface area contributed by atoms with E-state index in [2.05, 4.69) is 10.0 Å². The highest BCUT2D eigenvalue weighted by Crippen LogP contribution is 2.23. The highest BCUT2D eigenvalue weighted by molar-refractivity contribution is 7.92. The molecule has 0 aliphatic rings. The zero-order valence-electron chi connectivity index (χ0n) is 18.7. The normalized spacial score (nSPS) is 12.1. The van der Waals surface area contributed by atoms with Crippen LogP contribution >= 0.6 is 0 Å². The number of ether oxygens (including phenoxy) is 1. The summed E-state index contributed by atoms with van der Waals surface area (Å²) in [6.45, 7) is 5.58. The van der Waals surface area contributed by atoms with Crippen LogP contribution in [0.25, 0.3) is 0 Å². The Kier molecular flexibility index (Phi) is 7.20. The zero-order chi connectivity index (χ0) is 23.3. The van der Waals surface area contributed by atoms with Crippen molar-refractivity contribution in [2.75, 3.05) is 11.8 Å². The van der Waals surface area contributed by atoms with Crippen LogP contribution in [-0.2, 0) is 10.0 Å². The van der Waals surface area contributed by atoms with Gasteiger partial charge in [0.25, 0.3) is 15.9 Å². The van der Waals surface area contributed by atoms with E-state index in [4.69, 9.17) is 4.74 Å². The summed E-state index contributed by atoms with van der Waals surface area (Å²) in [5, 5.41) is 3.00. The monoisotopic (exact) mass is 452 g/mol. The predicted molar refractivity (Wildman–Crippen MR) is 127 cm³/mol. The summed E-state index contributed by atoms with van der Waals surface area (Å²) in [4.78, 5) is 13.0. The number of methoxy groups -OCH3 is 1. The molecular formula is C25H28N2O4S. The van der Waals surface area contributed by atoms with Crippen LogP contribution in [-0.4, -0.2) is 21.4 Å². The van der Waals surface area contributed by atoms with Crippen LogP contribution in [0.15, 0.2) is 71.6 Å². The molecule has 168 valence electrons. The molecule has 0 aromatic heterocycles. The smallest absolute Gasteiger partial charge is 0.262 e. The number of amides is 1. The van der Waals surface area contributed by atoms with E-state index in [1.807, 2.05) is 44.2 Å². The van der Waals surface area contributed by atoms with Crippen molar-refractivity contribution in [1.29, 1.82) is 0 Å². The second kappa shape index (κ2) is 9.87. The molecule has 3 aromatic rings. The van der Waals surface area contributed by atoms with Gasteiger partial charge in [-0.05, 0) is 73.4 Å². The minimum atomic E-state index is -3.85. The van der Waals surface area contributed by atoms with Gasteiger partial charge in [-0.3, -0.25) is 9.52 Å². The Bertz CT molecular complexity index is 1200. The molecule has 3 rings (SSSR count). The summed E-state index contributed by atoms with van der Waals surface area (Å²) in [5.74, 6) is 0.407. The van der Waals surface area contributed by atoms with Crippen molar-refractivity contribution in [3.8, 4) is 5.75 Å². The Morgan fingerprint density at radius 3 is 2.34 bits per heavy atom. The molecule has 3 aromatic carbocycles. The number of benzene rings is 3. The van der Waals surface area contributed by atoms with E-state index in [1.54, 1.807) is 44.4 Å². The Labute approximate surface area is 189 Å². The molecule has 1 amide bonds. The molecule has 7 heteroatoms. The first-order valence-corrected chi connectivity index (χ1v) is 11.9. The van der Waals surface area contributed by atoms with Gasteiger partial charge in [-0.15, -0.1) is 0 Å². The van der Waals surface area contributed by atoms with Crippen molar-refractivity contribution >= 4 is 21.6 Å². The largest absolute Gasteiger partial charge is 0.497 e. The lowest BCUT2D eigenvalue weighted by molar-refractivity contribution is 0.0935. The van der Waals surface area contributed by atoms with Crippen molar-refractivity contribution in [3.05, 3.63) is 89.0 Å². The molecule has 0 radical (unpaired) electrons. The highest BCUT2D eigenvalue weighted by atomic mass is 32.2. The molecule has 0 unspecified atom stereocenters. The molecule has 0 fully saturated rings. The Hall–Kier alpha value is -3.32. The van der Waals surface area contributed by atoms with Crippen LogP contribution in [0.3, 0.4) is 0 Å². The number of hydrogen-bond acceptors (Lipinski definition) is 4. The van der Waals surface area contributed by atoms with Gasteiger partial charge in [0.15, 0.2) is 0 Å². The van der Waals surface area contributed by atoms with Gasteiger partial charge in [0.1, 0.15) is 5.75 Å². The molecule has 0 spiro atoms. The van der Waals surface area contributed by atoms with Crippen molar-refractivity contribution in [2.45, 2.75) is 38.1 Å². The first-order valence-electron chi connectivity index (χ1n) is 10.4. The van der Waals surface area contributed by atoms with Gasteiger partial charge >= 0.3 is 0 Å². The van der Waals surface area contributed by atoms with Crippen molar-refractivity contribution < 1.29 is 17.9 Å². The molecule has 1 atom stereocenters. The third-order valence-electron chi connectivity index (χ3n) is 5.24. The lowest BCUT2D eigenvalue weighted by Crippen LogP contribution is -2.28. The fraction of sp³-hybridized carbons (Fsp3) is 0.240.